The van der Waals surface area contributed by atoms with Crippen molar-refractivity contribution in [3.8, 4) is 5.75 Å². The highest BCUT2D eigenvalue weighted by atomic mass is 32.2. The molecule has 9 heteroatoms. The number of ether oxygens (including phenoxy) is 2. The SMILES string of the molecule is C[C@@H]1CCN(C(=O)COC(=O)COc2ccccc2[N+](=O)[O-])c2ccccc2S1. The molecule has 0 aromatic heterocycles. The molecule has 3 rings (SSSR count). The van der Waals surface area contributed by atoms with Crippen molar-refractivity contribution in [2.75, 3.05) is 24.7 Å². The first kappa shape index (κ1) is 20.7. The molecule has 1 aliphatic rings. The van der Waals surface area contributed by atoms with E-state index in [4.69, 9.17) is 9.47 Å². The summed E-state index contributed by atoms with van der Waals surface area (Å²) >= 11 is 1.71. The van der Waals surface area contributed by atoms with Gasteiger partial charge in [0.15, 0.2) is 19.0 Å². The van der Waals surface area contributed by atoms with E-state index in [9.17, 15) is 19.7 Å². The average Bonchev–Trinajstić information content (AvgIpc) is 2.88. The zero-order valence-corrected chi connectivity index (χ0v) is 16.6. The number of anilines is 1. The van der Waals surface area contributed by atoms with Crippen LogP contribution in [0.3, 0.4) is 0 Å². The van der Waals surface area contributed by atoms with Crippen LogP contribution in [0.2, 0.25) is 0 Å². The van der Waals surface area contributed by atoms with Crippen LogP contribution in [0.1, 0.15) is 13.3 Å². The van der Waals surface area contributed by atoms with Crippen molar-refractivity contribution in [3.05, 3.63) is 58.6 Å². The maximum Gasteiger partial charge on any atom is 0.344 e. The molecule has 8 nitrogen and oxygen atoms in total. The molecule has 1 aliphatic heterocycles. The van der Waals surface area contributed by atoms with E-state index >= 15 is 0 Å². The van der Waals surface area contributed by atoms with Gasteiger partial charge in [-0.1, -0.05) is 31.2 Å². The van der Waals surface area contributed by atoms with E-state index in [2.05, 4.69) is 6.92 Å². The molecule has 152 valence electrons. The van der Waals surface area contributed by atoms with Crippen LogP contribution < -0.4 is 9.64 Å². The number of nitro benzene ring substituents is 1. The van der Waals surface area contributed by atoms with Gasteiger partial charge >= 0.3 is 11.7 Å². The monoisotopic (exact) mass is 416 g/mol. The second-order valence-corrected chi connectivity index (χ2v) is 7.88. The molecule has 0 radical (unpaired) electrons. The second kappa shape index (κ2) is 9.42. The summed E-state index contributed by atoms with van der Waals surface area (Å²) in [7, 11) is 0. The van der Waals surface area contributed by atoms with Gasteiger partial charge in [-0.25, -0.2) is 4.79 Å². The minimum Gasteiger partial charge on any atom is -0.475 e. The Morgan fingerprint density at radius 2 is 1.90 bits per heavy atom. The molecule has 0 fully saturated rings. The Bertz CT molecular complexity index is 919. The van der Waals surface area contributed by atoms with E-state index in [0.29, 0.717) is 11.8 Å². The van der Waals surface area contributed by atoms with E-state index < -0.39 is 24.1 Å². The number of carbonyl (C=O) groups is 2. The summed E-state index contributed by atoms with van der Waals surface area (Å²) in [5.41, 5.74) is 0.559. The summed E-state index contributed by atoms with van der Waals surface area (Å²) in [6.45, 7) is 1.69. The molecule has 1 atom stereocenters. The molecule has 2 aromatic rings. The predicted octanol–water partition coefficient (Wildman–Crippen LogP) is 3.43. The van der Waals surface area contributed by atoms with Crippen LogP contribution in [0.5, 0.6) is 5.75 Å². The highest BCUT2D eigenvalue weighted by Gasteiger charge is 2.25. The number of benzene rings is 2. The first-order chi connectivity index (χ1) is 14.0. The van der Waals surface area contributed by atoms with Gasteiger partial charge in [-0.15, -0.1) is 11.8 Å². The Hall–Kier alpha value is -3.07. The third-order valence-corrected chi connectivity index (χ3v) is 5.55. The van der Waals surface area contributed by atoms with E-state index in [0.717, 1.165) is 17.0 Å². The fourth-order valence-corrected chi connectivity index (χ4v) is 3.99. The molecule has 0 saturated carbocycles. The molecular formula is C20H20N2O6S. The largest absolute Gasteiger partial charge is 0.475 e. The number of hydrogen-bond donors (Lipinski definition) is 0. The predicted molar refractivity (Wildman–Crippen MR) is 108 cm³/mol. The quantitative estimate of drug-likeness (QED) is 0.404. The molecule has 0 unspecified atom stereocenters. The number of thioether (sulfide) groups is 1. The number of para-hydroxylation sites is 3. The molecule has 0 aliphatic carbocycles. The molecule has 29 heavy (non-hydrogen) atoms. The van der Waals surface area contributed by atoms with E-state index in [1.54, 1.807) is 22.7 Å². The molecule has 0 spiro atoms. The summed E-state index contributed by atoms with van der Waals surface area (Å²) in [6, 6.07) is 13.4. The molecule has 0 bridgehead atoms. The second-order valence-electron chi connectivity index (χ2n) is 6.40. The summed E-state index contributed by atoms with van der Waals surface area (Å²) in [5, 5.41) is 11.3. The van der Waals surface area contributed by atoms with E-state index in [-0.39, 0.29) is 17.3 Å². The van der Waals surface area contributed by atoms with E-state index in [1.165, 1.54) is 18.2 Å². The van der Waals surface area contributed by atoms with Crippen molar-refractivity contribution in [3.63, 3.8) is 0 Å². The fourth-order valence-electron chi connectivity index (χ4n) is 2.87. The zero-order chi connectivity index (χ0) is 20.8. The summed E-state index contributed by atoms with van der Waals surface area (Å²) in [4.78, 5) is 37.6. The lowest BCUT2D eigenvalue weighted by Gasteiger charge is -2.22. The third kappa shape index (κ3) is 5.26. The Labute approximate surface area is 171 Å². The number of amides is 1. The highest BCUT2D eigenvalue weighted by Crippen LogP contribution is 2.37. The number of carbonyl (C=O) groups excluding carboxylic acids is 2. The minimum absolute atomic E-state index is 0.0340. The Kier molecular flexibility index (Phi) is 6.71. The lowest BCUT2D eigenvalue weighted by atomic mass is 10.2. The van der Waals surface area contributed by atoms with Crippen molar-refractivity contribution in [2.24, 2.45) is 0 Å². The number of esters is 1. The fraction of sp³-hybridized carbons (Fsp3) is 0.300. The Morgan fingerprint density at radius 1 is 1.17 bits per heavy atom. The summed E-state index contributed by atoms with van der Waals surface area (Å²) in [5.74, 6) is -1.14. The van der Waals surface area contributed by atoms with Gasteiger partial charge < -0.3 is 14.4 Å². The van der Waals surface area contributed by atoms with Crippen LogP contribution in [0.25, 0.3) is 0 Å². The van der Waals surface area contributed by atoms with Gasteiger partial charge in [-0.3, -0.25) is 14.9 Å². The van der Waals surface area contributed by atoms with Crippen LogP contribution in [-0.2, 0) is 14.3 Å². The number of nitro groups is 1. The van der Waals surface area contributed by atoms with Crippen molar-refractivity contribution < 1.29 is 24.0 Å². The smallest absolute Gasteiger partial charge is 0.344 e. The molecule has 0 saturated heterocycles. The van der Waals surface area contributed by atoms with Gasteiger partial charge in [-0.05, 0) is 24.6 Å². The van der Waals surface area contributed by atoms with Gasteiger partial charge in [-0.2, -0.15) is 0 Å². The normalized spacial score (nSPS) is 15.8. The standard InChI is InChI=1S/C20H20N2O6S/c1-14-10-11-21(16-7-3-5-9-18(16)29-14)19(23)12-28-20(24)13-27-17-8-4-2-6-15(17)22(25)26/h2-9,14H,10-13H2,1H3/t14-/m1/s1. The molecule has 1 heterocycles. The minimum atomic E-state index is -0.776. The number of rotatable bonds is 6. The maximum absolute atomic E-state index is 12.7. The first-order valence-corrected chi connectivity index (χ1v) is 9.91. The van der Waals surface area contributed by atoms with Crippen LogP contribution in [0, 0.1) is 10.1 Å². The molecule has 2 aromatic carbocycles. The van der Waals surface area contributed by atoms with Gasteiger partial charge in [0.25, 0.3) is 5.91 Å². The average molecular weight is 416 g/mol. The summed E-state index contributed by atoms with van der Waals surface area (Å²) in [6.07, 6.45) is 0.819. The highest BCUT2D eigenvalue weighted by molar-refractivity contribution is 8.00. The van der Waals surface area contributed by atoms with Gasteiger partial charge in [0, 0.05) is 22.8 Å². The molecular weight excluding hydrogens is 396 g/mol. The topological polar surface area (TPSA) is 99.0 Å². The molecule has 0 N–H and O–H groups in total. The van der Waals surface area contributed by atoms with Crippen LogP contribution in [-0.4, -0.2) is 41.8 Å². The summed E-state index contributed by atoms with van der Waals surface area (Å²) < 4.78 is 10.2. The first-order valence-electron chi connectivity index (χ1n) is 9.03. The van der Waals surface area contributed by atoms with Gasteiger partial charge in [0.1, 0.15) is 0 Å². The van der Waals surface area contributed by atoms with Crippen LogP contribution >= 0.6 is 11.8 Å². The van der Waals surface area contributed by atoms with Crippen molar-refractivity contribution in [1.82, 2.24) is 0 Å². The number of fused-ring (bicyclic) bond motifs is 1. The van der Waals surface area contributed by atoms with Crippen molar-refractivity contribution in [2.45, 2.75) is 23.5 Å². The number of hydrogen-bond acceptors (Lipinski definition) is 7. The van der Waals surface area contributed by atoms with Gasteiger partial charge in [0.05, 0.1) is 10.6 Å². The Balaban J connectivity index is 1.57. The maximum atomic E-state index is 12.7. The zero-order valence-electron chi connectivity index (χ0n) is 15.8. The third-order valence-electron chi connectivity index (χ3n) is 4.31. The van der Waals surface area contributed by atoms with Crippen molar-refractivity contribution in [1.29, 1.82) is 0 Å². The van der Waals surface area contributed by atoms with Gasteiger partial charge in [0.2, 0.25) is 0 Å². The van der Waals surface area contributed by atoms with E-state index in [1.807, 2.05) is 24.3 Å². The van der Waals surface area contributed by atoms with Crippen molar-refractivity contribution >= 4 is 35.0 Å². The Morgan fingerprint density at radius 3 is 2.69 bits per heavy atom. The lowest BCUT2D eigenvalue weighted by molar-refractivity contribution is -0.385. The van der Waals surface area contributed by atoms with Crippen LogP contribution in [0.15, 0.2) is 53.4 Å². The number of nitrogens with zero attached hydrogens (tertiary/aromatic N) is 2. The molecule has 1 amide bonds. The lowest BCUT2D eigenvalue weighted by Crippen LogP contribution is -2.36. The van der Waals surface area contributed by atoms with Crippen LogP contribution in [0.4, 0.5) is 11.4 Å².